The lowest BCUT2D eigenvalue weighted by Gasteiger charge is -2.12. The predicted octanol–water partition coefficient (Wildman–Crippen LogP) is 4.55. The molecule has 1 aliphatic rings. The topological polar surface area (TPSA) is 56.7 Å². The van der Waals surface area contributed by atoms with Crippen LogP contribution in [0.15, 0.2) is 89.9 Å². The molecule has 0 spiro atoms. The second kappa shape index (κ2) is 11.1. The fraction of sp³-hybridized carbons (Fsp3) is 0.292. The van der Waals surface area contributed by atoms with E-state index in [4.69, 9.17) is 0 Å². The molecule has 1 aromatic rings. The molecule has 4 nitrogen and oxygen atoms in total. The molecule has 1 heterocycles. The molecule has 0 amide bonds. The van der Waals surface area contributed by atoms with Gasteiger partial charge in [0.1, 0.15) is 5.84 Å². The maximum Gasteiger partial charge on any atom is 0.112 e. The van der Waals surface area contributed by atoms with Gasteiger partial charge in [-0.3, -0.25) is 0 Å². The summed E-state index contributed by atoms with van der Waals surface area (Å²) in [5.74, 6) is 1.64. The Morgan fingerprint density at radius 3 is 2.68 bits per heavy atom. The smallest absolute Gasteiger partial charge is 0.112 e. The Labute approximate surface area is 168 Å². The number of amidine groups is 1. The summed E-state index contributed by atoms with van der Waals surface area (Å²) in [6, 6.07) is 8.59. The van der Waals surface area contributed by atoms with Crippen LogP contribution in [0.4, 0.5) is 0 Å². The largest absolute Gasteiger partial charge is 0.392 e. The van der Waals surface area contributed by atoms with Crippen LogP contribution in [0.1, 0.15) is 37.8 Å². The minimum atomic E-state index is 0.0297. The van der Waals surface area contributed by atoms with Crippen LogP contribution in [0.5, 0.6) is 0 Å². The van der Waals surface area contributed by atoms with Crippen LogP contribution in [0.2, 0.25) is 0 Å². The van der Waals surface area contributed by atoms with Crippen LogP contribution in [-0.4, -0.2) is 17.5 Å². The second-order valence-electron chi connectivity index (χ2n) is 6.98. The highest BCUT2D eigenvalue weighted by Crippen LogP contribution is 2.17. The van der Waals surface area contributed by atoms with Gasteiger partial charge >= 0.3 is 0 Å². The molecular weight excluding hydrogens is 346 g/mol. The van der Waals surface area contributed by atoms with Gasteiger partial charge in [0.15, 0.2) is 0 Å². The van der Waals surface area contributed by atoms with Gasteiger partial charge in [-0.05, 0) is 35.9 Å². The Hall–Kier alpha value is -2.85. The van der Waals surface area contributed by atoms with Crippen LogP contribution >= 0.6 is 0 Å². The Morgan fingerprint density at radius 1 is 1.32 bits per heavy atom. The molecule has 0 bridgehead atoms. The third-order valence-corrected chi connectivity index (χ3v) is 4.72. The Kier molecular flexibility index (Phi) is 8.50. The van der Waals surface area contributed by atoms with E-state index < -0.39 is 0 Å². The fourth-order valence-electron chi connectivity index (χ4n) is 2.76. The molecule has 1 aliphatic heterocycles. The van der Waals surface area contributed by atoms with Crippen molar-refractivity contribution in [2.75, 3.05) is 6.61 Å². The minimum absolute atomic E-state index is 0.0297. The zero-order chi connectivity index (χ0) is 20.4. The predicted molar refractivity (Wildman–Crippen MR) is 119 cm³/mol. The van der Waals surface area contributed by atoms with Crippen molar-refractivity contribution in [1.29, 1.82) is 0 Å². The van der Waals surface area contributed by atoms with Gasteiger partial charge in [-0.15, -0.1) is 0 Å². The first-order chi connectivity index (χ1) is 13.5. The molecule has 3 N–H and O–H groups in total. The second-order valence-corrected chi connectivity index (χ2v) is 6.98. The van der Waals surface area contributed by atoms with E-state index in [1.165, 1.54) is 11.1 Å². The summed E-state index contributed by atoms with van der Waals surface area (Å²) >= 11 is 0. The standard InChI is InChI=1S/C24H31N3O/c1-5-6-7-23(20(4)17-28)27-16-21-8-10-22(11-9-21)18(2)12-14-25-24-19(3)13-15-26-24/h5-15,18-19,27-28H,1,16-17H2,2-4H3,(H,25,26)/b7-6-,14-12-,23-20+. The van der Waals surface area contributed by atoms with Crippen molar-refractivity contribution in [3.8, 4) is 0 Å². The number of benzene rings is 1. The molecule has 0 fully saturated rings. The van der Waals surface area contributed by atoms with E-state index in [1.54, 1.807) is 6.08 Å². The van der Waals surface area contributed by atoms with Crippen molar-refractivity contribution in [1.82, 2.24) is 10.6 Å². The number of allylic oxidation sites excluding steroid dienone is 4. The first-order valence-electron chi connectivity index (χ1n) is 9.65. The summed E-state index contributed by atoms with van der Waals surface area (Å²) in [6.45, 7) is 10.6. The van der Waals surface area contributed by atoms with Crippen LogP contribution in [-0.2, 0) is 6.54 Å². The van der Waals surface area contributed by atoms with Crippen molar-refractivity contribution in [2.45, 2.75) is 33.2 Å². The monoisotopic (exact) mass is 377 g/mol. The average Bonchev–Trinajstić information content (AvgIpc) is 3.12. The SMILES string of the molecule is C=C/C=C\C(NCc1ccc(C(C)/C=C\NC2=NC=CC2C)cc1)=C(\C)CO. The number of hydrogen-bond donors (Lipinski definition) is 3. The van der Waals surface area contributed by atoms with E-state index in [-0.39, 0.29) is 6.61 Å². The van der Waals surface area contributed by atoms with Crippen molar-refractivity contribution in [2.24, 2.45) is 10.9 Å². The molecule has 0 aromatic heterocycles. The van der Waals surface area contributed by atoms with Crippen LogP contribution in [0.3, 0.4) is 0 Å². The fourth-order valence-corrected chi connectivity index (χ4v) is 2.76. The average molecular weight is 378 g/mol. The Balaban J connectivity index is 1.91. The van der Waals surface area contributed by atoms with E-state index >= 15 is 0 Å². The molecule has 0 saturated heterocycles. The van der Waals surface area contributed by atoms with Gasteiger partial charge < -0.3 is 15.7 Å². The molecule has 0 aliphatic carbocycles. The van der Waals surface area contributed by atoms with Gasteiger partial charge in [0.25, 0.3) is 0 Å². The summed E-state index contributed by atoms with van der Waals surface area (Å²) in [4.78, 5) is 4.31. The molecule has 28 heavy (non-hydrogen) atoms. The van der Waals surface area contributed by atoms with Gasteiger partial charge in [0.05, 0.1) is 6.61 Å². The van der Waals surface area contributed by atoms with Crippen molar-refractivity contribution in [3.05, 3.63) is 96.0 Å². The van der Waals surface area contributed by atoms with E-state index in [0.29, 0.717) is 18.4 Å². The number of aliphatic imine (C=N–C) groups is 1. The third kappa shape index (κ3) is 6.39. The number of nitrogens with one attached hydrogen (secondary N) is 2. The number of nitrogens with zero attached hydrogens (tertiary/aromatic N) is 1. The number of rotatable bonds is 9. The van der Waals surface area contributed by atoms with Crippen molar-refractivity contribution in [3.63, 3.8) is 0 Å². The van der Waals surface area contributed by atoms with E-state index in [0.717, 1.165) is 17.1 Å². The summed E-state index contributed by atoms with van der Waals surface area (Å²) in [5.41, 5.74) is 4.27. The molecule has 2 rings (SSSR count). The van der Waals surface area contributed by atoms with E-state index in [1.807, 2.05) is 31.5 Å². The minimum Gasteiger partial charge on any atom is -0.392 e. The van der Waals surface area contributed by atoms with Crippen molar-refractivity contribution < 1.29 is 5.11 Å². The van der Waals surface area contributed by atoms with Crippen LogP contribution in [0.25, 0.3) is 0 Å². The third-order valence-electron chi connectivity index (χ3n) is 4.72. The highest BCUT2D eigenvalue weighted by Gasteiger charge is 2.09. The zero-order valence-electron chi connectivity index (χ0n) is 17.0. The van der Waals surface area contributed by atoms with Gasteiger partial charge in [0, 0.05) is 30.3 Å². The molecular formula is C24H31N3O. The molecule has 148 valence electrons. The number of aliphatic hydroxyl groups is 1. The molecule has 1 aromatic carbocycles. The van der Waals surface area contributed by atoms with Crippen molar-refractivity contribution >= 4 is 5.84 Å². The number of aliphatic hydroxyl groups excluding tert-OH is 1. The van der Waals surface area contributed by atoms with Crippen LogP contribution in [0, 0.1) is 5.92 Å². The first-order valence-corrected chi connectivity index (χ1v) is 9.65. The van der Waals surface area contributed by atoms with Crippen LogP contribution < -0.4 is 10.6 Å². The molecule has 0 saturated carbocycles. The lowest BCUT2D eigenvalue weighted by molar-refractivity contribution is 0.329. The summed E-state index contributed by atoms with van der Waals surface area (Å²) < 4.78 is 0. The van der Waals surface area contributed by atoms with Gasteiger partial charge in [-0.25, -0.2) is 4.99 Å². The lowest BCUT2D eigenvalue weighted by Crippen LogP contribution is -2.21. The van der Waals surface area contributed by atoms with E-state index in [9.17, 15) is 5.11 Å². The summed E-state index contributed by atoms with van der Waals surface area (Å²) in [6.07, 6.45) is 13.5. The zero-order valence-corrected chi connectivity index (χ0v) is 17.0. The maximum atomic E-state index is 9.37. The Morgan fingerprint density at radius 2 is 2.07 bits per heavy atom. The normalized spacial score (nSPS) is 18.3. The highest BCUT2D eigenvalue weighted by atomic mass is 16.3. The Bertz CT molecular complexity index is 798. The summed E-state index contributed by atoms with van der Waals surface area (Å²) in [5, 5.41) is 16.0. The molecule has 4 heteroatoms. The molecule has 0 radical (unpaired) electrons. The maximum absolute atomic E-state index is 9.37. The first kappa shape index (κ1) is 21.5. The van der Waals surface area contributed by atoms with E-state index in [2.05, 4.69) is 72.5 Å². The lowest BCUT2D eigenvalue weighted by atomic mass is 9.99. The quantitative estimate of drug-likeness (QED) is 0.553. The van der Waals surface area contributed by atoms with Gasteiger partial charge in [0.2, 0.25) is 0 Å². The molecule has 2 unspecified atom stereocenters. The number of hydrogen-bond acceptors (Lipinski definition) is 4. The summed E-state index contributed by atoms with van der Waals surface area (Å²) in [7, 11) is 0. The highest BCUT2D eigenvalue weighted by molar-refractivity contribution is 5.88. The van der Waals surface area contributed by atoms with Gasteiger partial charge in [-0.2, -0.15) is 0 Å². The van der Waals surface area contributed by atoms with Gasteiger partial charge in [-0.1, -0.05) is 69.0 Å². The molecule has 2 atom stereocenters.